The molecule has 0 spiro atoms. The predicted molar refractivity (Wildman–Crippen MR) is 114 cm³/mol. The number of halogens is 1. The van der Waals surface area contributed by atoms with E-state index in [1.165, 1.54) is 43.6 Å². The second-order valence-electron chi connectivity index (χ2n) is 7.44. The second kappa shape index (κ2) is 8.33. The summed E-state index contributed by atoms with van der Waals surface area (Å²) in [6.45, 7) is 1.84. The van der Waals surface area contributed by atoms with Crippen molar-refractivity contribution in [2.24, 2.45) is 0 Å². The van der Waals surface area contributed by atoms with Crippen LogP contribution in [-0.4, -0.2) is 33.1 Å². The number of aromatic nitrogens is 1. The summed E-state index contributed by atoms with van der Waals surface area (Å²) in [5, 5.41) is 0. The van der Waals surface area contributed by atoms with E-state index in [4.69, 9.17) is 4.74 Å². The van der Waals surface area contributed by atoms with Gasteiger partial charge in [-0.1, -0.05) is 12.1 Å². The molecule has 1 atom stereocenters. The third-order valence-corrected chi connectivity index (χ3v) is 6.98. The normalized spacial score (nSPS) is 17.8. The van der Waals surface area contributed by atoms with Crippen LogP contribution in [0.5, 0.6) is 5.75 Å². The van der Waals surface area contributed by atoms with Crippen molar-refractivity contribution < 1.29 is 27.1 Å². The molecule has 0 fully saturated rings. The molecule has 2 heterocycles. The fourth-order valence-electron chi connectivity index (χ4n) is 3.73. The van der Waals surface area contributed by atoms with Crippen LogP contribution < -0.4 is 9.46 Å². The monoisotopic (exact) mass is 456 g/mol. The van der Waals surface area contributed by atoms with E-state index in [-0.39, 0.29) is 23.5 Å². The highest BCUT2D eigenvalue weighted by Gasteiger charge is 2.44. The lowest BCUT2D eigenvalue weighted by Gasteiger charge is -2.38. The van der Waals surface area contributed by atoms with Gasteiger partial charge in [0.15, 0.2) is 0 Å². The summed E-state index contributed by atoms with van der Waals surface area (Å²) in [4.78, 5) is 16.0. The summed E-state index contributed by atoms with van der Waals surface area (Å²) in [6, 6.07) is 13.4. The summed E-state index contributed by atoms with van der Waals surface area (Å²) >= 11 is 0. The van der Waals surface area contributed by atoms with Crippen molar-refractivity contribution in [2.75, 3.05) is 13.7 Å². The Kier molecular flexibility index (Phi) is 5.70. The molecule has 3 aromatic rings. The van der Waals surface area contributed by atoms with Crippen LogP contribution in [0.15, 0.2) is 65.7 Å². The molecular weight excluding hydrogens is 435 g/mol. The number of fused-ring (bicyclic) bond motifs is 1. The highest BCUT2D eigenvalue weighted by molar-refractivity contribution is 7.89. The van der Waals surface area contributed by atoms with Gasteiger partial charge in [0.05, 0.1) is 24.2 Å². The average molecular weight is 456 g/mol. The Morgan fingerprint density at radius 3 is 2.62 bits per heavy atom. The number of nitrogens with zero attached hydrogens (tertiary/aromatic N) is 1. The van der Waals surface area contributed by atoms with E-state index >= 15 is 0 Å². The minimum atomic E-state index is -4.10. The van der Waals surface area contributed by atoms with Crippen molar-refractivity contribution in [1.29, 1.82) is 0 Å². The fraction of sp³-hybridized carbons (Fsp3) is 0.217. The maximum Gasteiger partial charge on any atom is 0.337 e. The molecule has 4 rings (SSSR count). The number of nitrogens with one attached hydrogen (secondary N) is 1. The first-order chi connectivity index (χ1) is 15.3. The van der Waals surface area contributed by atoms with Crippen LogP contribution in [0.4, 0.5) is 4.39 Å². The van der Waals surface area contributed by atoms with E-state index < -0.39 is 27.3 Å². The number of carbonyl (C=O) groups is 1. The zero-order valence-electron chi connectivity index (χ0n) is 17.5. The molecule has 0 bridgehead atoms. The third kappa shape index (κ3) is 3.85. The van der Waals surface area contributed by atoms with Gasteiger partial charge >= 0.3 is 5.97 Å². The Morgan fingerprint density at radius 1 is 1.19 bits per heavy atom. The van der Waals surface area contributed by atoms with Gasteiger partial charge in [-0.3, -0.25) is 4.98 Å². The number of esters is 1. The number of carbonyl (C=O) groups excluding carboxylic acids is 1. The first kappa shape index (κ1) is 21.9. The predicted octanol–water partition coefficient (Wildman–Crippen LogP) is 3.32. The highest BCUT2D eigenvalue weighted by atomic mass is 32.2. The number of aryl methyl sites for hydroxylation is 1. The number of rotatable bonds is 5. The van der Waals surface area contributed by atoms with Gasteiger partial charge in [0.1, 0.15) is 22.8 Å². The van der Waals surface area contributed by atoms with E-state index in [1.807, 2.05) is 0 Å². The molecule has 2 aromatic carbocycles. The number of hydrogen-bond acceptors (Lipinski definition) is 6. The zero-order valence-corrected chi connectivity index (χ0v) is 18.3. The smallest absolute Gasteiger partial charge is 0.337 e. The number of sulfonamides is 1. The lowest BCUT2D eigenvalue weighted by molar-refractivity contribution is 0.0600. The topological polar surface area (TPSA) is 94.6 Å². The minimum Gasteiger partial charge on any atom is -0.491 e. The Labute approximate surface area is 185 Å². The summed E-state index contributed by atoms with van der Waals surface area (Å²) < 4.78 is 54.4. The van der Waals surface area contributed by atoms with Crippen LogP contribution in [0.25, 0.3) is 0 Å². The summed E-state index contributed by atoms with van der Waals surface area (Å²) in [5.41, 5.74) is 0.0876. The maximum absolute atomic E-state index is 14.5. The number of pyridine rings is 1. The van der Waals surface area contributed by atoms with E-state index in [2.05, 4.69) is 14.4 Å². The van der Waals surface area contributed by atoms with Crippen molar-refractivity contribution >= 4 is 16.0 Å². The van der Waals surface area contributed by atoms with E-state index in [0.29, 0.717) is 22.6 Å². The Morgan fingerprint density at radius 2 is 1.94 bits per heavy atom. The van der Waals surface area contributed by atoms with Gasteiger partial charge in [0.25, 0.3) is 0 Å². The van der Waals surface area contributed by atoms with Crippen molar-refractivity contribution in [3.8, 4) is 5.75 Å². The van der Waals surface area contributed by atoms with Crippen LogP contribution >= 0.6 is 0 Å². The average Bonchev–Trinajstić information content (AvgIpc) is 2.80. The van der Waals surface area contributed by atoms with Crippen LogP contribution in [-0.2, 0) is 20.3 Å². The molecule has 1 aromatic heterocycles. The maximum atomic E-state index is 14.5. The standard InChI is InChI=1S/C23H21FN2O5S/c1-15-5-8-17(14-19(15)24)23(11-13-31-20-4-3-12-25-21(20)23)26-32(28,29)18-9-6-16(7-10-18)22(27)30-2/h3-10,12,14,26H,11,13H2,1-2H3/t23-/m0/s1. The van der Waals surface area contributed by atoms with Crippen LogP contribution in [0.3, 0.4) is 0 Å². The molecule has 0 radical (unpaired) electrons. The molecule has 1 aliphatic rings. The van der Waals surface area contributed by atoms with Gasteiger partial charge in [0.2, 0.25) is 10.0 Å². The SMILES string of the molecule is COC(=O)c1ccc(S(=O)(=O)N[C@]2(c3ccc(C)c(F)c3)CCOc3cccnc32)cc1. The summed E-state index contributed by atoms with van der Waals surface area (Å²) in [5.74, 6) is -0.605. The molecular formula is C23H21FN2O5S. The number of benzene rings is 2. The molecule has 9 heteroatoms. The largest absolute Gasteiger partial charge is 0.491 e. The Balaban J connectivity index is 1.83. The minimum absolute atomic E-state index is 0.0546. The molecule has 0 aliphatic carbocycles. The molecule has 166 valence electrons. The van der Waals surface area contributed by atoms with Gasteiger partial charge in [0, 0.05) is 12.6 Å². The van der Waals surface area contributed by atoms with Gasteiger partial charge in [-0.2, -0.15) is 4.72 Å². The van der Waals surface area contributed by atoms with Crippen molar-refractivity contribution in [3.63, 3.8) is 0 Å². The number of hydrogen-bond donors (Lipinski definition) is 1. The highest BCUT2D eigenvalue weighted by Crippen LogP contribution is 2.41. The van der Waals surface area contributed by atoms with Gasteiger partial charge in [-0.15, -0.1) is 0 Å². The third-order valence-electron chi connectivity index (χ3n) is 5.47. The quantitative estimate of drug-likeness (QED) is 0.592. The van der Waals surface area contributed by atoms with Gasteiger partial charge in [-0.25, -0.2) is 17.6 Å². The second-order valence-corrected chi connectivity index (χ2v) is 9.12. The van der Waals surface area contributed by atoms with Crippen LogP contribution in [0.2, 0.25) is 0 Å². The molecule has 0 saturated heterocycles. The lowest BCUT2D eigenvalue weighted by atomic mass is 9.82. The first-order valence-electron chi connectivity index (χ1n) is 9.84. The van der Waals surface area contributed by atoms with Crippen molar-refractivity contribution in [3.05, 3.63) is 89.0 Å². The number of ether oxygens (including phenoxy) is 2. The van der Waals surface area contributed by atoms with Crippen molar-refractivity contribution in [2.45, 2.75) is 23.8 Å². The molecule has 1 N–H and O–H groups in total. The molecule has 7 nitrogen and oxygen atoms in total. The molecule has 32 heavy (non-hydrogen) atoms. The summed E-state index contributed by atoms with van der Waals surface area (Å²) in [7, 11) is -2.86. The van der Waals surface area contributed by atoms with E-state index in [0.717, 1.165) is 0 Å². The van der Waals surface area contributed by atoms with Gasteiger partial charge in [-0.05, 0) is 60.5 Å². The Bertz CT molecular complexity index is 1280. The van der Waals surface area contributed by atoms with E-state index in [1.54, 1.807) is 31.2 Å². The first-order valence-corrected chi connectivity index (χ1v) is 11.3. The number of methoxy groups -OCH3 is 1. The zero-order chi connectivity index (χ0) is 22.9. The van der Waals surface area contributed by atoms with Crippen LogP contribution in [0.1, 0.15) is 33.6 Å². The van der Waals surface area contributed by atoms with Crippen LogP contribution in [0, 0.1) is 12.7 Å². The Hall–Kier alpha value is -3.30. The molecule has 0 unspecified atom stereocenters. The molecule has 0 saturated carbocycles. The fourth-order valence-corrected chi connectivity index (χ4v) is 5.12. The molecule has 0 amide bonds. The lowest BCUT2D eigenvalue weighted by Crippen LogP contribution is -2.50. The summed E-state index contributed by atoms with van der Waals surface area (Å²) in [6.07, 6.45) is 1.74. The van der Waals surface area contributed by atoms with Gasteiger partial charge < -0.3 is 9.47 Å². The van der Waals surface area contributed by atoms with E-state index in [9.17, 15) is 17.6 Å². The van der Waals surface area contributed by atoms with Crippen molar-refractivity contribution in [1.82, 2.24) is 9.71 Å². The molecule has 1 aliphatic heterocycles.